The zero-order valence-corrected chi connectivity index (χ0v) is 19.5. The first-order chi connectivity index (χ1) is 16.1. The van der Waals surface area contributed by atoms with Crippen LogP contribution < -0.4 is 20.3 Å². The normalized spacial score (nSPS) is 14.0. The molecular weight excluding hydrogens is 442 g/mol. The van der Waals surface area contributed by atoms with Gasteiger partial charge < -0.3 is 9.47 Å². The molecule has 1 fully saturated rings. The number of nitro groups is 1. The number of methoxy groups -OCH3 is 2. The number of aromatic nitrogens is 1. The Labute approximate surface area is 196 Å². The molecule has 0 unspecified atom stereocenters. The van der Waals surface area contributed by atoms with Crippen molar-refractivity contribution in [2.45, 2.75) is 25.8 Å². The Hall–Kier alpha value is -3.37. The number of likely N-dealkylation sites (tertiary alicyclic amines) is 1. The van der Waals surface area contributed by atoms with E-state index in [1.165, 1.54) is 25.3 Å². The van der Waals surface area contributed by atoms with E-state index in [-0.39, 0.29) is 10.6 Å². The van der Waals surface area contributed by atoms with Crippen LogP contribution in [0.4, 0.5) is 16.5 Å². The zero-order chi connectivity index (χ0) is 23.2. The van der Waals surface area contributed by atoms with Crippen molar-refractivity contribution in [3.05, 3.63) is 57.5 Å². The van der Waals surface area contributed by atoms with Crippen LogP contribution in [0.1, 0.15) is 24.1 Å². The number of hydrogen-bond acceptors (Lipinski definition) is 9. The summed E-state index contributed by atoms with van der Waals surface area (Å²) in [6.45, 7) is 2.88. The average Bonchev–Trinajstić information content (AvgIpc) is 3.25. The van der Waals surface area contributed by atoms with Crippen molar-refractivity contribution in [1.82, 2.24) is 9.88 Å². The number of hydrazine groups is 1. The lowest BCUT2D eigenvalue weighted by Crippen LogP contribution is -2.28. The molecule has 0 spiro atoms. The number of non-ortho nitro benzene ring substituents is 1. The highest BCUT2D eigenvalue weighted by Crippen LogP contribution is 2.35. The van der Waals surface area contributed by atoms with E-state index >= 15 is 0 Å². The molecule has 33 heavy (non-hydrogen) atoms. The molecule has 9 nitrogen and oxygen atoms in total. The molecular formula is C23H27N5O4S. The summed E-state index contributed by atoms with van der Waals surface area (Å²) in [6.07, 6.45) is 3.65. The number of anilines is 2. The summed E-state index contributed by atoms with van der Waals surface area (Å²) in [7, 11) is 3.19. The molecule has 0 amide bonds. The summed E-state index contributed by atoms with van der Waals surface area (Å²) < 4.78 is 10.6. The standard InChI is InChI=1S/C23H27N5O4S/c1-31-19-10-9-17(14-20(19)32-2)25-26-23-24-22(16-7-6-8-18(13-16)28(29)30)21(33-23)15-27-11-4-3-5-12-27/h6-10,13-14,25H,3-5,11-12,15H2,1-2H3,(H,24,26). The second-order valence-electron chi connectivity index (χ2n) is 7.75. The summed E-state index contributed by atoms with van der Waals surface area (Å²) in [4.78, 5) is 19.2. The minimum Gasteiger partial charge on any atom is -0.493 e. The van der Waals surface area contributed by atoms with Crippen LogP contribution in [-0.4, -0.2) is 42.1 Å². The Morgan fingerprint density at radius 2 is 1.85 bits per heavy atom. The molecule has 10 heteroatoms. The number of benzene rings is 2. The van der Waals surface area contributed by atoms with E-state index in [9.17, 15) is 10.1 Å². The van der Waals surface area contributed by atoms with E-state index in [2.05, 4.69) is 15.8 Å². The van der Waals surface area contributed by atoms with Gasteiger partial charge in [-0.15, -0.1) is 0 Å². The molecule has 0 saturated carbocycles. The summed E-state index contributed by atoms with van der Waals surface area (Å²) in [5.74, 6) is 1.26. The Morgan fingerprint density at radius 3 is 2.58 bits per heavy atom. The molecule has 1 aliphatic heterocycles. The van der Waals surface area contributed by atoms with Gasteiger partial charge in [0.25, 0.3) is 5.69 Å². The number of rotatable bonds is 9. The monoisotopic (exact) mass is 469 g/mol. The maximum Gasteiger partial charge on any atom is 0.270 e. The predicted molar refractivity (Wildman–Crippen MR) is 130 cm³/mol. The fourth-order valence-corrected chi connectivity index (χ4v) is 4.84. The Kier molecular flexibility index (Phi) is 7.26. The number of nitro benzene ring substituents is 1. The predicted octanol–water partition coefficient (Wildman–Crippen LogP) is 5.16. The number of thiazole rings is 1. The van der Waals surface area contributed by atoms with Gasteiger partial charge in [-0.2, -0.15) is 0 Å². The van der Waals surface area contributed by atoms with Gasteiger partial charge in [-0.25, -0.2) is 4.98 Å². The summed E-state index contributed by atoms with van der Waals surface area (Å²) in [5.41, 5.74) is 8.67. The molecule has 4 rings (SSSR count). The molecule has 1 aliphatic rings. The lowest BCUT2D eigenvalue weighted by atomic mass is 10.1. The summed E-state index contributed by atoms with van der Waals surface area (Å²) >= 11 is 1.55. The Morgan fingerprint density at radius 1 is 1.06 bits per heavy atom. The molecule has 0 atom stereocenters. The molecule has 0 aliphatic carbocycles. The fraction of sp³-hybridized carbons (Fsp3) is 0.348. The van der Waals surface area contributed by atoms with Crippen LogP contribution >= 0.6 is 11.3 Å². The van der Waals surface area contributed by atoms with Gasteiger partial charge in [-0.3, -0.25) is 25.9 Å². The molecule has 0 radical (unpaired) electrons. The fourth-order valence-electron chi connectivity index (χ4n) is 3.86. The van der Waals surface area contributed by atoms with Crippen molar-refractivity contribution in [1.29, 1.82) is 0 Å². The molecule has 1 aromatic heterocycles. The Bertz CT molecular complexity index is 1110. The van der Waals surface area contributed by atoms with Crippen LogP contribution in [0, 0.1) is 10.1 Å². The van der Waals surface area contributed by atoms with Crippen LogP contribution in [0.15, 0.2) is 42.5 Å². The third-order valence-corrected chi connectivity index (χ3v) is 6.50. The zero-order valence-electron chi connectivity index (χ0n) is 18.7. The van der Waals surface area contributed by atoms with Crippen LogP contribution in [0.25, 0.3) is 11.3 Å². The molecule has 2 heterocycles. The molecule has 1 saturated heterocycles. The van der Waals surface area contributed by atoms with Gasteiger partial charge in [0.05, 0.1) is 30.5 Å². The average molecular weight is 470 g/mol. The second kappa shape index (κ2) is 10.5. The first-order valence-corrected chi connectivity index (χ1v) is 11.6. The van der Waals surface area contributed by atoms with E-state index in [4.69, 9.17) is 14.5 Å². The summed E-state index contributed by atoms with van der Waals surface area (Å²) in [5, 5.41) is 12.0. The highest BCUT2D eigenvalue weighted by atomic mass is 32.1. The Balaban J connectivity index is 1.59. The van der Waals surface area contributed by atoms with E-state index in [1.54, 1.807) is 37.7 Å². The molecule has 0 bridgehead atoms. The van der Waals surface area contributed by atoms with Gasteiger partial charge in [0.2, 0.25) is 5.13 Å². The van der Waals surface area contributed by atoms with E-state index in [0.29, 0.717) is 16.6 Å². The summed E-state index contributed by atoms with van der Waals surface area (Å²) in [6, 6.07) is 12.2. The molecule has 174 valence electrons. The van der Waals surface area contributed by atoms with E-state index < -0.39 is 0 Å². The van der Waals surface area contributed by atoms with Gasteiger partial charge in [-0.05, 0) is 38.1 Å². The molecule has 2 aromatic carbocycles. The quantitative estimate of drug-likeness (QED) is 0.327. The minimum absolute atomic E-state index is 0.0578. The topological polar surface area (TPSA) is 102 Å². The maximum atomic E-state index is 11.3. The van der Waals surface area contributed by atoms with Crippen LogP contribution in [0.5, 0.6) is 11.5 Å². The van der Waals surface area contributed by atoms with Crippen LogP contribution in [0.3, 0.4) is 0 Å². The number of ether oxygens (including phenoxy) is 2. The maximum absolute atomic E-state index is 11.3. The van der Waals surface area contributed by atoms with Crippen molar-refractivity contribution < 1.29 is 14.4 Å². The van der Waals surface area contributed by atoms with Crippen LogP contribution in [-0.2, 0) is 6.54 Å². The molecule has 3 aromatic rings. The third kappa shape index (κ3) is 5.52. The number of hydrogen-bond donors (Lipinski definition) is 2. The lowest BCUT2D eigenvalue weighted by Gasteiger charge is -2.26. The van der Waals surface area contributed by atoms with Gasteiger partial charge in [0.15, 0.2) is 11.5 Å². The number of piperidine rings is 1. The highest BCUT2D eigenvalue weighted by Gasteiger charge is 2.19. The highest BCUT2D eigenvalue weighted by molar-refractivity contribution is 7.16. The van der Waals surface area contributed by atoms with Gasteiger partial charge in [-0.1, -0.05) is 29.9 Å². The largest absolute Gasteiger partial charge is 0.493 e. The van der Waals surface area contributed by atoms with Crippen LogP contribution in [0.2, 0.25) is 0 Å². The van der Waals surface area contributed by atoms with Crippen molar-refractivity contribution >= 4 is 27.8 Å². The van der Waals surface area contributed by atoms with Gasteiger partial charge >= 0.3 is 0 Å². The van der Waals surface area contributed by atoms with Crippen molar-refractivity contribution in [2.24, 2.45) is 0 Å². The number of nitrogens with zero attached hydrogens (tertiary/aromatic N) is 3. The first-order valence-electron chi connectivity index (χ1n) is 10.8. The van der Waals surface area contributed by atoms with Crippen molar-refractivity contribution in [3.8, 4) is 22.8 Å². The smallest absolute Gasteiger partial charge is 0.270 e. The first kappa shape index (κ1) is 22.8. The lowest BCUT2D eigenvalue weighted by molar-refractivity contribution is -0.384. The van der Waals surface area contributed by atoms with Gasteiger partial charge in [0.1, 0.15) is 0 Å². The van der Waals surface area contributed by atoms with Crippen molar-refractivity contribution in [3.63, 3.8) is 0 Å². The second-order valence-corrected chi connectivity index (χ2v) is 8.84. The minimum atomic E-state index is -0.377. The van der Waals surface area contributed by atoms with Crippen molar-refractivity contribution in [2.75, 3.05) is 38.2 Å². The number of nitrogens with one attached hydrogen (secondary N) is 2. The SMILES string of the molecule is COc1ccc(NNc2nc(-c3cccc([N+](=O)[O-])c3)c(CN3CCCCC3)s2)cc1OC. The third-order valence-electron chi connectivity index (χ3n) is 5.54. The van der Waals surface area contributed by atoms with E-state index in [0.717, 1.165) is 41.5 Å². The molecule has 2 N–H and O–H groups in total. The van der Waals surface area contributed by atoms with E-state index in [1.807, 2.05) is 24.3 Å². The van der Waals surface area contributed by atoms with Gasteiger partial charge in [0, 0.05) is 35.2 Å².